The number of amides is 2. The molecule has 0 heterocycles. The zero-order chi connectivity index (χ0) is 19.8. The summed E-state index contributed by atoms with van der Waals surface area (Å²) < 4.78 is 11.6. The van der Waals surface area contributed by atoms with Crippen molar-refractivity contribution in [3.63, 3.8) is 0 Å². The molecule has 8 heteroatoms. The summed E-state index contributed by atoms with van der Waals surface area (Å²) in [4.78, 5) is 24.1. The largest absolute Gasteiger partial charge is 0.494 e. The zero-order valence-corrected chi connectivity index (χ0v) is 17.3. The molecule has 0 aliphatic rings. The van der Waals surface area contributed by atoms with Gasteiger partial charge in [-0.05, 0) is 72.2 Å². The number of hydrogen-bond donors (Lipinski definition) is 2. The summed E-state index contributed by atoms with van der Waals surface area (Å²) in [5, 5.41) is 5.79. The molecule has 144 valence electrons. The zero-order valence-electron chi connectivity index (χ0n) is 14.9. The molecule has 0 radical (unpaired) electrons. The molecule has 2 aromatic carbocycles. The summed E-state index contributed by atoms with van der Waals surface area (Å²) in [5.41, 5.74) is 0.618. The van der Waals surface area contributed by atoms with E-state index in [4.69, 9.17) is 21.1 Å². The highest BCUT2D eigenvalue weighted by Crippen LogP contribution is 2.28. The van der Waals surface area contributed by atoms with Gasteiger partial charge in [0, 0.05) is 10.7 Å². The lowest BCUT2D eigenvalue weighted by Crippen LogP contribution is -2.40. The van der Waals surface area contributed by atoms with Crippen LogP contribution in [-0.4, -0.2) is 31.1 Å². The fraction of sp³-hybridized carbons (Fsp3) is 0.263. The summed E-state index contributed by atoms with van der Waals surface area (Å²) in [6, 6.07) is 12.0. The van der Waals surface area contributed by atoms with Crippen LogP contribution in [0.15, 0.2) is 46.9 Å². The van der Waals surface area contributed by atoms with Gasteiger partial charge in [0.05, 0.1) is 17.6 Å². The van der Waals surface area contributed by atoms with Crippen LogP contribution < -0.4 is 20.1 Å². The van der Waals surface area contributed by atoms with E-state index in [1.807, 2.05) is 6.92 Å². The molecule has 0 bridgehead atoms. The second kappa shape index (κ2) is 10.2. The van der Waals surface area contributed by atoms with Crippen molar-refractivity contribution in [2.75, 3.05) is 18.5 Å². The van der Waals surface area contributed by atoms with Crippen LogP contribution in [-0.2, 0) is 9.59 Å². The third-order valence-electron chi connectivity index (χ3n) is 3.44. The Labute approximate surface area is 171 Å². The number of nitrogens with one attached hydrogen (secondary N) is 2. The lowest BCUT2D eigenvalue weighted by Gasteiger charge is -2.16. The van der Waals surface area contributed by atoms with E-state index in [0.717, 1.165) is 5.75 Å². The summed E-state index contributed by atoms with van der Waals surface area (Å²) in [6.07, 6.45) is -0.777. The Balaban J connectivity index is 1.80. The van der Waals surface area contributed by atoms with Crippen LogP contribution in [0.1, 0.15) is 13.8 Å². The first-order chi connectivity index (χ1) is 12.9. The Kier molecular flexibility index (Phi) is 7.94. The van der Waals surface area contributed by atoms with Crippen LogP contribution in [0.5, 0.6) is 11.5 Å². The van der Waals surface area contributed by atoms with Crippen LogP contribution in [0.4, 0.5) is 5.69 Å². The van der Waals surface area contributed by atoms with Crippen molar-refractivity contribution < 1.29 is 19.1 Å². The molecule has 2 aromatic rings. The molecule has 6 nitrogen and oxygen atoms in total. The average molecular weight is 456 g/mol. The molecule has 0 fully saturated rings. The molecule has 2 N–H and O–H groups in total. The minimum absolute atomic E-state index is 0.165. The Bertz CT molecular complexity index is 799. The van der Waals surface area contributed by atoms with E-state index in [1.165, 1.54) is 0 Å². The highest BCUT2D eigenvalue weighted by molar-refractivity contribution is 9.10. The number of hydrogen-bond acceptors (Lipinski definition) is 4. The highest BCUT2D eigenvalue weighted by Gasteiger charge is 2.17. The topological polar surface area (TPSA) is 76.7 Å². The second-order valence-corrected chi connectivity index (χ2v) is 6.85. The Hall–Kier alpha value is -2.25. The van der Waals surface area contributed by atoms with Crippen molar-refractivity contribution in [1.29, 1.82) is 0 Å². The van der Waals surface area contributed by atoms with Crippen LogP contribution >= 0.6 is 27.5 Å². The SMILES string of the molecule is CCOc1ccc(NC(=O)CNC(=O)C(C)Oc2ccc(Cl)cc2Br)cc1. The summed E-state index contributed by atoms with van der Waals surface area (Å²) >= 11 is 9.20. The first kappa shape index (κ1) is 21.1. The highest BCUT2D eigenvalue weighted by atomic mass is 79.9. The van der Waals surface area contributed by atoms with E-state index in [0.29, 0.717) is 27.5 Å². The van der Waals surface area contributed by atoms with Gasteiger partial charge in [-0.15, -0.1) is 0 Å². The van der Waals surface area contributed by atoms with Gasteiger partial charge in [-0.25, -0.2) is 0 Å². The number of halogens is 2. The molecule has 0 spiro atoms. The van der Waals surface area contributed by atoms with Crippen molar-refractivity contribution in [2.24, 2.45) is 0 Å². The van der Waals surface area contributed by atoms with E-state index in [9.17, 15) is 9.59 Å². The molecule has 0 aliphatic carbocycles. The number of anilines is 1. The number of carbonyl (C=O) groups is 2. The quantitative estimate of drug-likeness (QED) is 0.630. The molecular formula is C19H20BrClN2O4. The van der Waals surface area contributed by atoms with Crippen molar-refractivity contribution in [3.8, 4) is 11.5 Å². The van der Waals surface area contributed by atoms with Crippen molar-refractivity contribution >= 4 is 45.0 Å². The Morgan fingerprint density at radius 1 is 1.19 bits per heavy atom. The Morgan fingerprint density at radius 2 is 1.89 bits per heavy atom. The number of ether oxygens (including phenoxy) is 2. The van der Waals surface area contributed by atoms with Crippen molar-refractivity contribution in [1.82, 2.24) is 5.32 Å². The van der Waals surface area contributed by atoms with Gasteiger partial charge in [0.1, 0.15) is 11.5 Å². The van der Waals surface area contributed by atoms with E-state index in [-0.39, 0.29) is 12.5 Å². The van der Waals surface area contributed by atoms with Gasteiger partial charge < -0.3 is 20.1 Å². The predicted octanol–water partition coefficient (Wildman–Crippen LogP) is 4.02. The van der Waals surface area contributed by atoms with E-state index in [1.54, 1.807) is 49.4 Å². The first-order valence-corrected chi connectivity index (χ1v) is 9.48. The first-order valence-electron chi connectivity index (χ1n) is 8.31. The molecule has 0 aliphatic heterocycles. The fourth-order valence-corrected chi connectivity index (χ4v) is 2.91. The fourth-order valence-electron chi connectivity index (χ4n) is 2.13. The number of rotatable bonds is 8. The number of benzene rings is 2. The van der Waals surface area contributed by atoms with Gasteiger partial charge in [0.2, 0.25) is 5.91 Å². The molecule has 0 saturated heterocycles. The van der Waals surface area contributed by atoms with Gasteiger partial charge in [-0.2, -0.15) is 0 Å². The summed E-state index contributed by atoms with van der Waals surface area (Å²) in [7, 11) is 0. The van der Waals surface area contributed by atoms with Crippen molar-refractivity contribution in [3.05, 3.63) is 52.0 Å². The third-order valence-corrected chi connectivity index (χ3v) is 4.29. The monoisotopic (exact) mass is 454 g/mol. The molecule has 27 heavy (non-hydrogen) atoms. The van der Waals surface area contributed by atoms with Crippen LogP contribution in [0.3, 0.4) is 0 Å². The van der Waals surface area contributed by atoms with Gasteiger partial charge in [-0.1, -0.05) is 11.6 Å². The maximum atomic E-state index is 12.1. The van der Waals surface area contributed by atoms with Gasteiger partial charge in [-0.3, -0.25) is 9.59 Å². The maximum absolute atomic E-state index is 12.1. The van der Waals surface area contributed by atoms with E-state index >= 15 is 0 Å². The summed E-state index contributed by atoms with van der Waals surface area (Å²) in [6.45, 7) is 3.90. The van der Waals surface area contributed by atoms with Gasteiger partial charge >= 0.3 is 0 Å². The third kappa shape index (κ3) is 6.77. The van der Waals surface area contributed by atoms with Crippen LogP contribution in [0, 0.1) is 0 Å². The van der Waals surface area contributed by atoms with E-state index < -0.39 is 12.0 Å². The van der Waals surface area contributed by atoms with Crippen LogP contribution in [0.25, 0.3) is 0 Å². The van der Waals surface area contributed by atoms with Gasteiger partial charge in [0.25, 0.3) is 5.91 Å². The van der Waals surface area contributed by atoms with Gasteiger partial charge in [0.15, 0.2) is 6.10 Å². The molecular weight excluding hydrogens is 436 g/mol. The summed E-state index contributed by atoms with van der Waals surface area (Å²) in [5.74, 6) is 0.468. The lowest BCUT2D eigenvalue weighted by atomic mass is 10.3. The van der Waals surface area contributed by atoms with E-state index in [2.05, 4.69) is 26.6 Å². The smallest absolute Gasteiger partial charge is 0.261 e. The number of carbonyl (C=O) groups excluding carboxylic acids is 2. The molecule has 0 saturated carbocycles. The Morgan fingerprint density at radius 3 is 2.52 bits per heavy atom. The molecule has 2 amide bonds. The van der Waals surface area contributed by atoms with Crippen molar-refractivity contribution in [2.45, 2.75) is 20.0 Å². The minimum atomic E-state index is -0.777. The maximum Gasteiger partial charge on any atom is 0.261 e. The predicted molar refractivity (Wildman–Crippen MR) is 108 cm³/mol. The minimum Gasteiger partial charge on any atom is -0.494 e. The standard InChI is InChI=1S/C19H20BrClN2O4/c1-3-26-15-7-5-14(6-8-15)23-18(24)11-22-19(25)12(2)27-17-9-4-13(21)10-16(17)20/h4-10,12H,3,11H2,1-2H3,(H,22,25)(H,23,24). The normalized spacial score (nSPS) is 11.4. The molecule has 1 atom stereocenters. The second-order valence-electron chi connectivity index (χ2n) is 5.56. The molecule has 0 aromatic heterocycles. The molecule has 2 rings (SSSR count). The lowest BCUT2D eigenvalue weighted by molar-refractivity contribution is -0.129. The average Bonchev–Trinajstić information content (AvgIpc) is 2.63. The molecule has 1 unspecified atom stereocenters. The van der Waals surface area contributed by atoms with Crippen LogP contribution in [0.2, 0.25) is 5.02 Å².